The molecule has 0 bridgehead atoms. The van der Waals surface area contributed by atoms with E-state index < -0.39 is 18.1 Å². The molecule has 37 heavy (non-hydrogen) atoms. The molecule has 4 atom stereocenters. The van der Waals surface area contributed by atoms with E-state index in [1.54, 1.807) is 19.5 Å². The minimum Gasteiger partial charge on any atom is -0.492 e. The number of rotatable bonds is 4. The summed E-state index contributed by atoms with van der Waals surface area (Å²) in [4.78, 5) is 45.5. The third kappa shape index (κ3) is 8.00. The average molecular weight is 530 g/mol. The van der Waals surface area contributed by atoms with Crippen LogP contribution in [0.25, 0.3) is 0 Å². The third-order valence-electron chi connectivity index (χ3n) is 6.94. The number of thiazole rings is 1. The van der Waals surface area contributed by atoms with Crippen molar-refractivity contribution in [2.45, 2.75) is 64.6 Å². The van der Waals surface area contributed by atoms with Gasteiger partial charge in [0.1, 0.15) is 24.4 Å². The largest absolute Gasteiger partial charge is 0.492 e. The molecule has 0 saturated carbocycles. The summed E-state index contributed by atoms with van der Waals surface area (Å²) in [6.45, 7) is 7.10. The summed E-state index contributed by atoms with van der Waals surface area (Å²) in [6.07, 6.45) is 2.55. The Kier molecular flexibility index (Phi) is 10.9. The van der Waals surface area contributed by atoms with Crippen molar-refractivity contribution in [2.75, 3.05) is 26.7 Å². The zero-order valence-electron chi connectivity index (χ0n) is 22.2. The molecule has 1 aliphatic heterocycles. The topological polar surface area (TPSA) is 113 Å². The van der Waals surface area contributed by atoms with Gasteiger partial charge >= 0.3 is 0 Å². The Morgan fingerprint density at radius 1 is 1.19 bits per heavy atom. The van der Waals surface area contributed by atoms with Gasteiger partial charge in [0.05, 0.1) is 17.2 Å². The van der Waals surface area contributed by atoms with Crippen LogP contribution in [0, 0.1) is 5.92 Å². The number of fused-ring (bicyclic) bond motifs is 1. The quantitative estimate of drug-likeness (QED) is 0.560. The van der Waals surface area contributed by atoms with Crippen LogP contribution in [0.15, 0.2) is 35.2 Å². The van der Waals surface area contributed by atoms with Crippen LogP contribution >= 0.6 is 11.3 Å². The van der Waals surface area contributed by atoms with Gasteiger partial charge in [0.25, 0.3) is 0 Å². The minimum absolute atomic E-state index is 0.0614. The molecule has 0 spiro atoms. The number of likely N-dealkylation sites (N-methyl/N-ethyl adjacent to an activating group) is 1. The number of nitrogens with zero attached hydrogens (tertiary/aromatic N) is 2. The van der Waals surface area contributed by atoms with Crippen LogP contribution in [-0.2, 0) is 27.2 Å². The summed E-state index contributed by atoms with van der Waals surface area (Å²) < 4.78 is 6.05. The van der Waals surface area contributed by atoms with Crippen molar-refractivity contribution in [1.29, 1.82) is 0 Å². The molecule has 0 unspecified atom stereocenters. The predicted molar refractivity (Wildman–Crippen MR) is 144 cm³/mol. The van der Waals surface area contributed by atoms with Gasteiger partial charge in [-0.25, -0.2) is 4.98 Å². The van der Waals surface area contributed by atoms with E-state index in [4.69, 9.17) is 4.74 Å². The lowest BCUT2D eigenvalue weighted by atomic mass is 9.97. The molecule has 9 nitrogen and oxygen atoms in total. The number of ether oxygens (including phenoxy) is 1. The molecule has 3 N–H and O–H groups in total. The Balaban J connectivity index is 1.84. The fourth-order valence-electron chi connectivity index (χ4n) is 4.24. The number of aryl methyl sites for hydroxylation is 1. The first kappa shape index (κ1) is 28.6. The van der Waals surface area contributed by atoms with Crippen molar-refractivity contribution in [3.8, 4) is 5.75 Å². The van der Waals surface area contributed by atoms with Gasteiger partial charge < -0.3 is 25.6 Å². The Morgan fingerprint density at radius 3 is 2.70 bits per heavy atom. The molecular weight excluding hydrogens is 490 g/mol. The van der Waals surface area contributed by atoms with Gasteiger partial charge in [-0.15, -0.1) is 11.3 Å². The first-order valence-electron chi connectivity index (χ1n) is 13.0. The van der Waals surface area contributed by atoms with Crippen LogP contribution in [-0.4, -0.2) is 72.5 Å². The maximum Gasteiger partial charge on any atom is 0.243 e. The molecule has 1 aromatic heterocycles. The van der Waals surface area contributed by atoms with E-state index in [0.29, 0.717) is 19.7 Å². The zero-order chi connectivity index (χ0) is 26.8. The van der Waals surface area contributed by atoms with Crippen molar-refractivity contribution >= 4 is 29.1 Å². The number of carbonyl (C=O) groups excluding carboxylic acids is 3. The van der Waals surface area contributed by atoms with Gasteiger partial charge in [-0.05, 0) is 37.3 Å². The number of benzene rings is 1. The number of aromatic nitrogens is 1. The van der Waals surface area contributed by atoms with Crippen LogP contribution in [0.3, 0.4) is 0 Å². The number of hydrogen-bond acceptors (Lipinski definition) is 7. The summed E-state index contributed by atoms with van der Waals surface area (Å²) in [7, 11) is 1.63. The van der Waals surface area contributed by atoms with Crippen LogP contribution < -0.4 is 20.7 Å². The van der Waals surface area contributed by atoms with Gasteiger partial charge in [-0.2, -0.15) is 0 Å². The number of hydrogen-bond donors (Lipinski definition) is 3. The van der Waals surface area contributed by atoms with Gasteiger partial charge in [-0.1, -0.05) is 38.5 Å². The second-order valence-electron chi connectivity index (χ2n) is 9.54. The molecule has 0 radical (unpaired) electrons. The molecule has 0 aliphatic carbocycles. The van der Waals surface area contributed by atoms with Gasteiger partial charge in [-0.3, -0.25) is 14.4 Å². The molecule has 2 heterocycles. The highest BCUT2D eigenvalue weighted by molar-refractivity contribution is 7.07. The highest BCUT2D eigenvalue weighted by atomic mass is 32.1. The molecule has 1 aromatic carbocycles. The standard InChI is InChI=1S/C27H39N5O4S/c1-5-18(2)24-27(35)32(4)19(3)25(33)31-22(15-21-16-37-17-30-21)26(34)29-12-8-10-20-9-6-7-11-23(20)36-14-13-28-24/h6-7,9,11,16-19,22,24,28H,5,8,10,12-15H2,1-4H3,(H,29,34)(H,31,33)/t18-,19+,22+,24-/m0/s1. The van der Waals surface area contributed by atoms with Crippen LogP contribution in [0.1, 0.15) is 44.9 Å². The Labute approximate surface area is 223 Å². The molecule has 3 amide bonds. The molecule has 3 rings (SSSR count). The molecule has 1 aliphatic rings. The Hall–Kier alpha value is -2.98. The molecule has 0 fully saturated rings. The Bertz CT molecular complexity index is 1030. The maximum absolute atomic E-state index is 13.5. The summed E-state index contributed by atoms with van der Waals surface area (Å²) in [6, 6.07) is 5.87. The summed E-state index contributed by atoms with van der Waals surface area (Å²) in [5.41, 5.74) is 3.50. The smallest absolute Gasteiger partial charge is 0.243 e. The van der Waals surface area contributed by atoms with E-state index in [9.17, 15) is 14.4 Å². The van der Waals surface area contributed by atoms with Crippen LogP contribution in [0.2, 0.25) is 0 Å². The van der Waals surface area contributed by atoms with Crippen molar-refractivity contribution in [1.82, 2.24) is 25.8 Å². The van der Waals surface area contributed by atoms with Crippen LogP contribution in [0.4, 0.5) is 0 Å². The first-order valence-corrected chi connectivity index (χ1v) is 13.9. The van der Waals surface area contributed by atoms with E-state index in [2.05, 4.69) is 20.9 Å². The predicted octanol–water partition coefficient (Wildman–Crippen LogP) is 2.16. The van der Waals surface area contributed by atoms with Crippen molar-refractivity contribution < 1.29 is 19.1 Å². The molecule has 202 valence electrons. The maximum atomic E-state index is 13.5. The van der Waals surface area contributed by atoms with Crippen molar-refractivity contribution in [2.24, 2.45) is 5.92 Å². The van der Waals surface area contributed by atoms with E-state index in [-0.39, 0.29) is 30.1 Å². The zero-order valence-corrected chi connectivity index (χ0v) is 23.0. The van der Waals surface area contributed by atoms with Gasteiger partial charge in [0.2, 0.25) is 17.7 Å². The van der Waals surface area contributed by atoms with Crippen molar-refractivity contribution in [3.63, 3.8) is 0 Å². The third-order valence-corrected chi connectivity index (χ3v) is 7.57. The van der Waals surface area contributed by atoms with E-state index in [0.717, 1.165) is 36.3 Å². The lowest BCUT2D eigenvalue weighted by Gasteiger charge is -2.32. The van der Waals surface area contributed by atoms with E-state index >= 15 is 0 Å². The molecule has 2 aromatic rings. The van der Waals surface area contributed by atoms with E-state index in [1.807, 2.05) is 43.5 Å². The summed E-state index contributed by atoms with van der Waals surface area (Å²) in [5, 5.41) is 11.0. The second-order valence-corrected chi connectivity index (χ2v) is 10.3. The monoisotopic (exact) mass is 529 g/mol. The van der Waals surface area contributed by atoms with Crippen molar-refractivity contribution in [3.05, 3.63) is 46.4 Å². The molecular formula is C27H39N5O4S. The first-order chi connectivity index (χ1) is 17.8. The van der Waals surface area contributed by atoms with Gasteiger partial charge in [0.15, 0.2) is 0 Å². The number of amides is 3. The number of nitrogens with one attached hydrogen (secondary N) is 3. The summed E-state index contributed by atoms with van der Waals surface area (Å²) >= 11 is 1.44. The highest BCUT2D eigenvalue weighted by Crippen LogP contribution is 2.20. The van der Waals surface area contributed by atoms with Crippen LogP contribution in [0.5, 0.6) is 5.75 Å². The average Bonchev–Trinajstić information content (AvgIpc) is 3.42. The molecule has 10 heteroatoms. The Morgan fingerprint density at radius 2 is 1.97 bits per heavy atom. The second kappa shape index (κ2) is 14.1. The molecule has 0 saturated heterocycles. The normalized spacial score (nSPS) is 23.6. The number of carbonyl (C=O) groups is 3. The lowest BCUT2D eigenvalue weighted by molar-refractivity contribution is -0.141. The van der Waals surface area contributed by atoms with E-state index in [1.165, 1.54) is 16.2 Å². The fourth-order valence-corrected chi connectivity index (χ4v) is 4.81. The highest BCUT2D eigenvalue weighted by Gasteiger charge is 2.32. The summed E-state index contributed by atoms with van der Waals surface area (Å²) in [5.74, 6) is 0.0488. The number of para-hydroxylation sites is 1. The minimum atomic E-state index is -0.793. The lowest BCUT2D eigenvalue weighted by Crippen LogP contribution is -2.57. The van der Waals surface area contributed by atoms with Gasteiger partial charge in [0, 0.05) is 31.9 Å². The fraction of sp³-hybridized carbons (Fsp3) is 0.556. The SMILES string of the molecule is CC[C@H](C)[C@@H]1NCCOc2ccccc2CCCNC(=O)[C@@H](Cc2cscn2)NC(=O)[C@@H](C)N(C)C1=O.